The lowest BCUT2D eigenvalue weighted by atomic mass is 9.96. The van der Waals surface area contributed by atoms with Gasteiger partial charge in [-0.1, -0.05) is 19.4 Å². The SMILES string of the molecule is CCCC(C)(N)C(=O)Nc1ccc(OCc2cn3ccccc3n2)cc1. The molecule has 0 spiro atoms. The van der Waals surface area contributed by atoms with E-state index in [1.54, 1.807) is 19.1 Å². The summed E-state index contributed by atoms with van der Waals surface area (Å²) in [5.74, 6) is 0.529. The molecule has 0 saturated heterocycles. The third-order valence-electron chi connectivity index (χ3n) is 4.20. The van der Waals surface area contributed by atoms with Gasteiger partial charge in [0, 0.05) is 18.1 Å². The number of aromatic nitrogens is 2. The van der Waals surface area contributed by atoms with Gasteiger partial charge in [0.25, 0.3) is 0 Å². The number of carbonyl (C=O) groups excluding carboxylic acids is 1. The van der Waals surface area contributed by atoms with Crippen molar-refractivity contribution >= 4 is 17.2 Å². The molecule has 0 fully saturated rings. The number of benzene rings is 1. The van der Waals surface area contributed by atoms with Gasteiger partial charge >= 0.3 is 0 Å². The highest BCUT2D eigenvalue weighted by atomic mass is 16.5. The molecule has 2 heterocycles. The summed E-state index contributed by atoms with van der Waals surface area (Å²) in [7, 11) is 0. The summed E-state index contributed by atoms with van der Waals surface area (Å²) in [4.78, 5) is 16.7. The Bertz CT molecular complexity index is 851. The fraction of sp³-hybridized carbons (Fsp3) is 0.300. The lowest BCUT2D eigenvalue weighted by molar-refractivity contribution is -0.120. The first-order chi connectivity index (χ1) is 12.5. The molecule has 6 heteroatoms. The Kier molecular flexibility index (Phi) is 5.23. The zero-order valence-corrected chi connectivity index (χ0v) is 15.1. The molecule has 0 aliphatic rings. The van der Waals surface area contributed by atoms with E-state index < -0.39 is 5.54 Å². The van der Waals surface area contributed by atoms with Gasteiger partial charge in [0.15, 0.2) is 0 Å². The van der Waals surface area contributed by atoms with Crippen LogP contribution in [0.3, 0.4) is 0 Å². The number of hydrogen-bond donors (Lipinski definition) is 2. The van der Waals surface area contributed by atoms with Crippen molar-refractivity contribution < 1.29 is 9.53 Å². The van der Waals surface area contributed by atoms with Crippen LogP contribution in [0.2, 0.25) is 0 Å². The summed E-state index contributed by atoms with van der Waals surface area (Å²) in [6.45, 7) is 4.14. The maximum atomic E-state index is 12.2. The molecule has 136 valence electrons. The molecular formula is C20H24N4O2. The Labute approximate surface area is 153 Å². The first-order valence-corrected chi connectivity index (χ1v) is 8.74. The lowest BCUT2D eigenvalue weighted by Crippen LogP contribution is -2.48. The largest absolute Gasteiger partial charge is 0.487 e. The second-order valence-electron chi connectivity index (χ2n) is 6.63. The van der Waals surface area contributed by atoms with Gasteiger partial charge in [-0.2, -0.15) is 0 Å². The molecule has 3 aromatic rings. The van der Waals surface area contributed by atoms with Crippen LogP contribution in [-0.2, 0) is 11.4 Å². The van der Waals surface area contributed by atoms with E-state index >= 15 is 0 Å². The molecule has 3 rings (SSSR count). The number of nitrogens with two attached hydrogens (primary N) is 1. The molecule has 1 atom stereocenters. The molecule has 6 nitrogen and oxygen atoms in total. The maximum Gasteiger partial charge on any atom is 0.244 e. The van der Waals surface area contributed by atoms with Crippen molar-refractivity contribution in [1.82, 2.24) is 9.38 Å². The highest BCUT2D eigenvalue weighted by molar-refractivity contribution is 5.97. The Morgan fingerprint density at radius 3 is 2.73 bits per heavy atom. The van der Waals surface area contributed by atoms with E-state index in [0.717, 1.165) is 17.8 Å². The summed E-state index contributed by atoms with van der Waals surface area (Å²) < 4.78 is 7.73. The van der Waals surface area contributed by atoms with Crippen molar-refractivity contribution in [3.8, 4) is 5.75 Å². The zero-order valence-electron chi connectivity index (χ0n) is 15.1. The van der Waals surface area contributed by atoms with Crippen LogP contribution >= 0.6 is 0 Å². The van der Waals surface area contributed by atoms with Crippen molar-refractivity contribution in [3.05, 3.63) is 60.6 Å². The van der Waals surface area contributed by atoms with Gasteiger partial charge in [-0.15, -0.1) is 0 Å². The molecular weight excluding hydrogens is 328 g/mol. The number of rotatable bonds is 7. The number of ether oxygens (including phenoxy) is 1. The molecule has 0 aliphatic carbocycles. The quantitative estimate of drug-likeness (QED) is 0.683. The highest BCUT2D eigenvalue weighted by Gasteiger charge is 2.27. The molecule has 3 N–H and O–H groups in total. The summed E-state index contributed by atoms with van der Waals surface area (Å²) in [5, 5.41) is 2.85. The minimum absolute atomic E-state index is 0.183. The third kappa shape index (κ3) is 4.21. The van der Waals surface area contributed by atoms with Crippen molar-refractivity contribution in [3.63, 3.8) is 0 Å². The fourth-order valence-corrected chi connectivity index (χ4v) is 2.76. The molecule has 2 aromatic heterocycles. The van der Waals surface area contributed by atoms with Gasteiger partial charge in [-0.25, -0.2) is 4.98 Å². The summed E-state index contributed by atoms with van der Waals surface area (Å²) >= 11 is 0. The van der Waals surface area contributed by atoms with Crippen molar-refractivity contribution in [2.45, 2.75) is 38.8 Å². The van der Waals surface area contributed by atoms with E-state index in [0.29, 0.717) is 24.5 Å². The monoisotopic (exact) mass is 352 g/mol. The van der Waals surface area contributed by atoms with Crippen LogP contribution in [0.15, 0.2) is 54.9 Å². The number of nitrogens with zero attached hydrogens (tertiary/aromatic N) is 2. The molecule has 1 amide bonds. The van der Waals surface area contributed by atoms with Gasteiger partial charge in [-0.3, -0.25) is 4.79 Å². The molecule has 0 bridgehead atoms. The van der Waals surface area contributed by atoms with Crippen LogP contribution in [0.25, 0.3) is 5.65 Å². The number of amides is 1. The van der Waals surface area contributed by atoms with Crippen LogP contribution in [0.1, 0.15) is 32.4 Å². The minimum atomic E-state index is -0.868. The van der Waals surface area contributed by atoms with Crippen molar-refractivity contribution in [2.24, 2.45) is 5.73 Å². The van der Waals surface area contributed by atoms with E-state index in [2.05, 4.69) is 10.3 Å². The third-order valence-corrected chi connectivity index (χ3v) is 4.20. The first-order valence-electron chi connectivity index (χ1n) is 8.74. The lowest BCUT2D eigenvalue weighted by Gasteiger charge is -2.22. The molecule has 1 aromatic carbocycles. The molecule has 0 aliphatic heterocycles. The molecule has 0 saturated carbocycles. The molecule has 1 unspecified atom stereocenters. The van der Waals surface area contributed by atoms with Crippen LogP contribution in [0.4, 0.5) is 5.69 Å². The van der Waals surface area contributed by atoms with E-state index in [1.165, 1.54) is 0 Å². The Hall–Kier alpha value is -2.86. The van der Waals surface area contributed by atoms with Gasteiger partial charge in [-0.05, 0) is 49.7 Å². The highest BCUT2D eigenvalue weighted by Crippen LogP contribution is 2.19. The van der Waals surface area contributed by atoms with Gasteiger partial charge in [0.1, 0.15) is 18.0 Å². The van der Waals surface area contributed by atoms with Crippen molar-refractivity contribution in [1.29, 1.82) is 0 Å². The second-order valence-corrected chi connectivity index (χ2v) is 6.63. The first kappa shape index (κ1) is 17.9. The number of carbonyl (C=O) groups is 1. The number of imidazole rings is 1. The standard InChI is InChI=1S/C20H24N4O2/c1-3-11-20(2,21)19(25)23-15-7-9-17(10-8-15)26-14-16-13-24-12-5-4-6-18(24)22-16/h4-10,12-13H,3,11,14,21H2,1-2H3,(H,23,25). The minimum Gasteiger partial charge on any atom is -0.487 e. The number of anilines is 1. The summed E-state index contributed by atoms with van der Waals surface area (Å²) in [6.07, 6.45) is 5.39. The number of hydrogen-bond acceptors (Lipinski definition) is 4. The average molecular weight is 352 g/mol. The Morgan fingerprint density at radius 2 is 2.04 bits per heavy atom. The predicted octanol–water partition coefficient (Wildman–Crippen LogP) is 3.37. The Balaban J connectivity index is 1.58. The van der Waals surface area contributed by atoms with Gasteiger partial charge < -0.3 is 20.2 Å². The summed E-state index contributed by atoms with van der Waals surface area (Å²) in [6, 6.07) is 13.1. The number of pyridine rings is 1. The number of fused-ring (bicyclic) bond motifs is 1. The topological polar surface area (TPSA) is 81.7 Å². The van der Waals surface area contributed by atoms with E-state index in [9.17, 15) is 4.79 Å². The molecule has 26 heavy (non-hydrogen) atoms. The van der Waals surface area contributed by atoms with Crippen LogP contribution in [0.5, 0.6) is 5.75 Å². The zero-order chi connectivity index (χ0) is 18.6. The average Bonchev–Trinajstić information content (AvgIpc) is 3.04. The van der Waals surface area contributed by atoms with Gasteiger partial charge in [0.2, 0.25) is 5.91 Å². The normalized spacial score (nSPS) is 13.3. The van der Waals surface area contributed by atoms with Crippen molar-refractivity contribution in [2.75, 3.05) is 5.32 Å². The van der Waals surface area contributed by atoms with Gasteiger partial charge in [0.05, 0.1) is 11.2 Å². The predicted molar refractivity (Wildman–Crippen MR) is 102 cm³/mol. The van der Waals surface area contributed by atoms with E-state index in [-0.39, 0.29) is 5.91 Å². The molecule has 0 radical (unpaired) electrons. The number of nitrogens with one attached hydrogen (secondary N) is 1. The second kappa shape index (κ2) is 7.58. The fourth-order valence-electron chi connectivity index (χ4n) is 2.76. The van der Waals surface area contributed by atoms with E-state index in [1.807, 2.05) is 54.0 Å². The van der Waals surface area contributed by atoms with Crippen LogP contribution < -0.4 is 15.8 Å². The maximum absolute atomic E-state index is 12.2. The summed E-state index contributed by atoms with van der Waals surface area (Å²) in [5.41, 5.74) is 7.62. The van der Waals surface area contributed by atoms with Crippen LogP contribution in [-0.4, -0.2) is 20.8 Å². The Morgan fingerprint density at radius 1 is 1.27 bits per heavy atom. The smallest absolute Gasteiger partial charge is 0.244 e. The van der Waals surface area contributed by atoms with Crippen LogP contribution in [0, 0.1) is 0 Å². The van der Waals surface area contributed by atoms with E-state index in [4.69, 9.17) is 10.5 Å².